The van der Waals surface area contributed by atoms with E-state index in [0.29, 0.717) is 6.42 Å². The molecular formula is C22H26N2O2. The van der Waals surface area contributed by atoms with Gasteiger partial charge >= 0.3 is 0 Å². The van der Waals surface area contributed by atoms with E-state index in [-0.39, 0.29) is 18.1 Å². The normalized spacial score (nSPS) is 16.0. The number of benzene rings is 2. The number of ketones is 1. The van der Waals surface area contributed by atoms with Crippen molar-refractivity contribution < 1.29 is 9.59 Å². The number of anilines is 2. The molecule has 0 bridgehead atoms. The minimum Gasteiger partial charge on any atom is -0.300 e. The smallest absolute Gasteiger partial charge is 0.253 e. The van der Waals surface area contributed by atoms with Crippen LogP contribution in [0.25, 0.3) is 0 Å². The largest absolute Gasteiger partial charge is 0.300 e. The van der Waals surface area contributed by atoms with Crippen LogP contribution < -0.4 is 10.4 Å². The molecule has 0 spiro atoms. The third-order valence-electron chi connectivity index (χ3n) is 5.51. The first kappa shape index (κ1) is 18.2. The zero-order valence-electron chi connectivity index (χ0n) is 16.1. The Hall–Kier alpha value is -2.62. The number of hydrogen-bond donors (Lipinski definition) is 1. The number of rotatable bonds is 5. The summed E-state index contributed by atoms with van der Waals surface area (Å²) in [6.07, 6.45) is 0.712. The van der Waals surface area contributed by atoms with Crippen LogP contribution >= 0.6 is 0 Å². The second-order valence-corrected chi connectivity index (χ2v) is 7.13. The predicted octanol–water partition coefficient (Wildman–Crippen LogP) is 4.75. The van der Waals surface area contributed by atoms with Gasteiger partial charge in [-0.25, -0.2) is 5.01 Å². The van der Waals surface area contributed by atoms with E-state index in [1.165, 1.54) is 5.56 Å². The van der Waals surface area contributed by atoms with Crippen LogP contribution in [0, 0.1) is 27.7 Å². The van der Waals surface area contributed by atoms with Gasteiger partial charge in [0.2, 0.25) is 0 Å². The third kappa shape index (κ3) is 3.00. The van der Waals surface area contributed by atoms with Gasteiger partial charge in [0.25, 0.3) is 5.91 Å². The van der Waals surface area contributed by atoms with Crippen molar-refractivity contribution in [2.75, 3.05) is 10.4 Å². The van der Waals surface area contributed by atoms with Crippen LogP contribution in [0.1, 0.15) is 53.5 Å². The zero-order valence-corrected chi connectivity index (χ0v) is 16.1. The first-order chi connectivity index (χ1) is 12.3. The van der Waals surface area contributed by atoms with E-state index >= 15 is 0 Å². The molecule has 26 heavy (non-hydrogen) atoms. The number of aryl methyl sites for hydroxylation is 2. The average molecular weight is 350 g/mol. The predicted molar refractivity (Wildman–Crippen MR) is 106 cm³/mol. The van der Waals surface area contributed by atoms with E-state index in [1.807, 2.05) is 52.0 Å². The van der Waals surface area contributed by atoms with Crippen molar-refractivity contribution in [3.05, 3.63) is 58.1 Å². The molecule has 1 unspecified atom stereocenters. The van der Waals surface area contributed by atoms with Crippen molar-refractivity contribution >= 4 is 23.1 Å². The standard InChI is InChI=1S/C22H26N2O2/c1-6-17(25)12-19-18-11-10-14(3)16(5)21(18)24(22(19)26)23-20-9-7-8-13(2)15(20)4/h7-11,19,23H,6,12H2,1-5H3. The Morgan fingerprint density at radius 1 is 1.04 bits per heavy atom. The van der Waals surface area contributed by atoms with Crippen LogP contribution in [0.2, 0.25) is 0 Å². The van der Waals surface area contributed by atoms with Crippen LogP contribution in [-0.2, 0) is 9.59 Å². The monoisotopic (exact) mass is 350 g/mol. The summed E-state index contributed by atoms with van der Waals surface area (Å²) in [4.78, 5) is 25.2. The topological polar surface area (TPSA) is 49.4 Å². The van der Waals surface area contributed by atoms with Gasteiger partial charge in [0.15, 0.2) is 0 Å². The minimum atomic E-state index is -0.408. The number of nitrogens with one attached hydrogen (secondary N) is 1. The highest BCUT2D eigenvalue weighted by atomic mass is 16.2. The Kier molecular flexibility index (Phi) is 4.86. The fraction of sp³-hybridized carbons (Fsp3) is 0.364. The van der Waals surface area contributed by atoms with Crippen molar-refractivity contribution in [3.63, 3.8) is 0 Å². The van der Waals surface area contributed by atoms with E-state index in [0.717, 1.165) is 33.6 Å². The molecule has 0 aromatic heterocycles. The Balaban J connectivity index is 2.06. The van der Waals surface area contributed by atoms with Crippen molar-refractivity contribution in [3.8, 4) is 0 Å². The molecule has 0 radical (unpaired) electrons. The molecule has 0 saturated carbocycles. The maximum atomic E-state index is 13.2. The number of carbonyl (C=O) groups excluding carboxylic acids is 2. The van der Waals surface area contributed by atoms with Crippen LogP contribution in [-0.4, -0.2) is 11.7 Å². The van der Waals surface area contributed by atoms with Crippen LogP contribution in [0.3, 0.4) is 0 Å². The van der Waals surface area contributed by atoms with Gasteiger partial charge in [-0.3, -0.25) is 15.0 Å². The van der Waals surface area contributed by atoms with Crippen molar-refractivity contribution in [2.24, 2.45) is 0 Å². The highest BCUT2D eigenvalue weighted by Crippen LogP contribution is 2.42. The summed E-state index contributed by atoms with van der Waals surface area (Å²) in [5, 5.41) is 1.65. The van der Waals surface area contributed by atoms with Gasteiger partial charge in [0, 0.05) is 12.8 Å². The highest BCUT2D eigenvalue weighted by molar-refractivity contribution is 6.09. The molecule has 2 aromatic carbocycles. The van der Waals surface area contributed by atoms with Gasteiger partial charge in [-0.15, -0.1) is 0 Å². The second kappa shape index (κ2) is 6.94. The number of Topliss-reactive ketones (excluding diaryl/α,β-unsaturated/α-hetero) is 1. The molecule has 2 aromatic rings. The number of carbonyl (C=O) groups is 2. The maximum Gasteiger partial charge on any atom is 0.253 e. The quantitative estimate of drug-likeness (QED) is 0.847. The summed E-state index contributed by atoms with van der Waals surface area (Å²) >= 11 is 0. The Morgan fingerprint density at radius 3 is 2.42 bits per heavy atom. The summed E-state index contributed by atoms with van der Waals surface area (Å²) in [6.45, 7) is 10.0. The molecule has 1 heterocycles. The van der Waals surface area contributed by atoms with E-state index in [1.54, 1.807) is 5.01 Å². The summed E-state index contributed by atoms with van der Waals surface area (Å²) < 4.78 is 0. The van der Waals surface area contributed by atoms with E-state index in [4.69, 9.17) is 0 Å². The van der Waals surface area contributed by atoms with Crippen LogP contribution in [0.15, 0.2) is 30.3 Å². The van der Waals surface area contributed by atoms with Gasteiger partial charge in [-0.2, -0.15) is 0 Å². The molecule has 1 aliphatic heterocycles. The lowest BCUT2D eigenvalue weighted by Gasteiger charge is -2.24. The molecule has 1 aliphatic rings. The molecule has 3 rings (SSSR count). The van der Waals surface area contributed by atoms with Crippen LogP contribution in [0.4, 0.5) is 11.4 Å². The Morgan fingerprint density at radius 2 is 1.73 bits per heavy atom. The molecule has 0 fully saturated rings. The Bertz CT molecular complexity index is 886. The third-order valence-corrected chi connectivity index (χ3v) is 5.51. The average Bonchev–Trinajstić information content (AvgIpc) is 2.88. The fourth-order valence-corrected chi connectivity index (χ4v) is 3.47. The van der Waals surface area contributed by atoms with Gasteiger partial charge in [0.1, 0.15) is 5.78 Å². The molecule has 136 valence electrons. The summed E-state index contributed by atoms with van der Waals surface area (Å²) in [6, 6.07) is 10.0. The lowest BCUT2D eigenvalue weighted by atomic mass is 9.92. The molecule has 1 N–H and O–H groups in total. The molecule has 1 atom stereocenters. The molecule has 0 saturated heterocycles. The van der Waals surface area contributed by atoms with E-state index in [9.17, 15) is 9.59 Å². The zero-order chi connectivity index (χ0) is 19.0. The van der Waals surface area contributed by atoms with Crippen molar-refractivity contribution in [1.82, 2.24) is 0 Å². The fourth-order valence-electron chi connectivity index (χ4n) is 3.47. The number of nitrogens with zero attached hydrogens (tertiary/aromatic N) is 1. The summed E-state index contributed by atoms with van der Waals surface area (Å²) in [5.74, 6) is -0.355. The van der Waals surface area contributed by atoms with Gasteiger partial charge in [-0.05, 0) is 61.6 Å². The first-order valence-electron chi connectivity index (χ1n) is 9.13. The SMILES string of the molecule is CCC(=O)CC1C(=O)N(Nc2cccc(C)c2C)c2c1ccc(C)c2C. The molecule has 4 heteroatoms. The van der Waals surface area contributed by atoms with Crippen molar-refractivity contribution in [1.29, 1.82) is 0 Å². The first-order valence-corrected chi connectivity index (χ1v) is 9.13. The maximum absolute atomic E-state index is 13.2. The molecule has 1 amide bonds. The van der Waals surface area contributed by atoms with Crippen LogP contribution in [0.5, 0.6) is 0 Å². The minimum absolute atomic E-state index is 0.0589. The van der Waals surface area contributed by atoms with E-state index in [2.05, 4.69) is 18.4 Å². The van der Waals surface area contributed by atoms with Crippen molar-refractivity contribution in [2.45, 2.75) is 53.4 Å². The summed E-state index contributed by atoms with van der Waals surface area (Å²) in [5.41, 5.74) is 10.5. The van der Waals surface area contributed by atoms with Gasteiger partial charge < -0.3 is 0 Å². The van der Waals surface area contributed by atoms with Gasteiger partial charge in [0.05, 0.1) is 17.3 Å². The number of amides is 1. The molecular weight excluding hydrogens is 324 g/mol. The summed E-state index contributed by atoms with van der Waals surface area (Å²) in [7, 11) is 0. The highest BCUT2D eigenvalue weighted by Gasteiger charge is 2.40. The molecule has 0 aliphatic carbocycles. The lowest BCUT2D eigenvalue weighted by molar-refractivity contribution is -0.124. The van der Waals surface area contributed by atoms with Gasteiger partial charge in [-0.1, -0.05) is 31.2 Å². The number of hydrogen-bond acceptors (Lipinski definition) is 3. The Labute approximate surface area is 155 Å². The number of hydrazine groups is 1. The second-order valence-electron chi connectivity index (χ2n) is 7.13. The number of fused-ring (bicyclic) bond motifs is 1. The van der Waals surface area contributed by atoms with E-state index < -0.39 is 5.92 Å². The molecule has 4 nitrogen and oxygen atoms in total. The lowest BCUT2D eigenvalue weighted by Crippen LogP contribution is -2.35.